The molecule has 0 bridgehead atoms. The van der Waals surface area contributed by atoms with Gasteiger partial charge < -0.3 is 14.0 Å². The first-order valence-electron chi connectivity index (χ1n) is 11.5. The van der Waals surface area contributed by atoms with E-state index < -0.39 is 25.5 Å². The molecule has 0 saturated heterocycles. The summed E-state index contributed by atoms with van der Waals surface area (Å²) in [6, 6.07) is 12.7. The summed E-state index contributed by atoms with van der Waals surface area (Å²) < 4.78 is 12.0. The third-order valence-corrected chi connectivity index (χ3v) is 6.64. The topological polar surface area (TPSA) is 68.7 Å². The van der Waals surface area contributed by atoms with Gasteiger partial charge in [0.2, 0.25) is 0 Å². The van der Waals surface area contributed by atoms with Gasteiger partial charge in [-0.2, -0.15) is 0 Å². The lowest BCUT2D eigenvalue weighted by Crippen LogP contribution is -2.37. The van der Waals surface area contributed by atoms with E-state index in [0.29, 0.717) is 6.42 Å². The van der Waals surface area contributed by atoms with E-state index in [0.717, 1.165) is 36.0 Å². The molecule has 0 aliphatic rings. The molecule has 0 fully saturated rings. The van der Waals surface area contributed by atoms with Crippen LogP contribution >= 0.6 is 0 Å². The summed E-state index contributed by atoms with van der Waals surface area (Å²) in [7, 11) is -1.07. The Morgan fingerprint density at radius 1 is 1.09 bits per heavy atom. The second kappa shape index (κ2) is 13.5. The summed E-state index contributed by atoms with van der Waals surface area (Å²) >= 11 is 0. The number of carboxylic acid groups (broad SMARTS) is 1. The molecule has 0 saturated carbocycles. The maximum absolute atomic E-state index is 10.7. The molecule has 1 aromatic heterocycles. The molecular weight excluding hydrogens is 434 g/mol. The number of carbonyl (C=O) groups is 1. The summed E-state index contributed by atoms with van der Waals surface area (Å²) in [4.78, 5) is 15.0. The number of allylic oxidation sites excluding steroid dienone is 1. The highest BCUT2D eigenvalue weighted by atomic mass is 28.2. The Kier molecular flexibility index (Phi) is 11.0. The van der Waals surface area contributed by atoms with Gasteiger partial charge >= 0.3 is 5.97 Å². The fourth-order valence-corrected chi connectivity index (χ4v) is 5.70. The molecule has 174 valence electrons. The van der Waals surface area contributed by atoms with Crippen molar-refractivity contribution < 1.29 is 18.8 Å². The van der Waals surface area contributed by atoms with Crippen molar-refractivity contribution in [3.05, 3.63) is 71.6 Å². The molecule has 0 amide bonds. The Morgan fingerprint density at radius 3 is 2.34 bits per heavy atom. The van der Waals surface area contributed by atoms with Crippen molar-refractivity contribution in [1.82, 2.24) is 4.98 Å². The highest BCUT2D eigenvalue weighted by Gasteiger charge is 2.30. The van der Waals surface area contributed by atoms with E-state index in [1.165, 1.54) is 5.56 Å². The molecule has 2 rings (SSSR count). The Hall–Kier alpha value is -2.07. The minimum atomic E-state index is -0.736. The van der Waals surface area contributed by atoms with Crippen LogP contribution in [0, 0.1) is 5.41 Å². The van der Waals surface area contributed by atoms with Gasteiger partial charge in [0.25, 0.3) is 0 Å². The smallest absolute Gasteiger partial charge is 0.303 e. The third-order valence-electron chi connectivity index (χ3n) is 5.36. The Bertz CT molecular complexity index is 848. The Labute approximate surface area is 197 Å². The molecule has 2 aromatic rings. The minimum Gasteiger partial charge on any atom is -0.481 e. The van der Waals surface area contributed by atoms with E-state index in [1.807, 2.05) is 12.3 Å². The number of hydrogen-bond acceptors (Lipinski definition) is 4. The van der Waals surface area contributed by atoms with E-state index in [2.05, 4.69) is 68.3 Å². The highest BCUT2D eigenvalue weighted by Crippen LogP contribution is 2.30. The SMILES string of the molecule is C[SiH2]OC(O[SiH2]C)C(C)(C)Cc1ccc(/C(=C/CCCCC(=O)O)c2cccnc2)cc1. The molecule has 32 heavy (non-hydrogen) atoms. The molecule has 1 aromatic carbocycles. The van der Waals surface area contributed by atoms with Gasteiger partial charge in [-0.1, -0.05) is 63.3 Å². The van der Waals surface area contributed by atoms with E-state index >= 15 is 0 Å². The molecule has 0 aliphatic carbocycles. The van der Waals surface area contributed by atoms with Crippen molar-refractivity contribution in [2.24, 2.45) is 5.41 Å². The molecule has 0 radical (unpaired) electrons. The van der Waals surface area contributed by atoms with Gasteiger partial charge in [-0.15, -0.1) is 0 Å². The van der Waals surface area contributed by atoms with Crippen LogP contribution in [0.4, 0.5) is 0 Å². The number of unbranched alkanes of at least 4 members (excludes halogenated alkanes) is 2. The maximum Gasteiger partial charge on any atom is 0.303 e. The van der Waals surface area contributed by atoms with Gasteiger partial charge in [-0.25, -0.2) is 0 Å². The summed E-state index contributed by atoms with van der Waals surface area (Å²) in [5.41, 5.74) is 4.53. The van der Waals surface area contributed by atoms with E-state index in [9.17, 15) is 4.79 Å². The first kappa shape index (κ1) is 26.2. The first-order chi connectivity index (χ1) is 15.4. The second-order valence-electron chi connectivity index (χ2n) is 8.60. The van der Waals surface area contributed by atoms with Gasteiger partial charge in [-0.3, -0.25) is 9.78 Å². The predicted molar refractivity (Wildman–Crippen MR) is 136 cm³/mol. The number of hydrogen-bond donors (Lipinski definition) is 1. The highest BCUT2D eigenvalue weighted by molar-refractivity contribution is 6.26. The molecule has 0 unspecified atom stereocenters. The molecule has 0 spiro atoms. The zero-order valence-electron chi connectivity index (χ0n) is 19.8. The van der Waals surface area contributed by atoms with E-state index in [1.54, 1.807) is 6.20 Å². The van der Waals surface area contributed by atoms with E-state index in [4.69, 9.17) is 14.0 Å². The largest absolute Gasteiger partial charge is 0.481 e. The van der Waals surface area contributed by atoms with Gasteiger partial charge in [-0.05, 0) is 48.4 Å². The second-order valence-corrected chi connectivity index (χ2v) is 10.4. The lowest BCUT2D eigenvalue weighted by atomic mass is 9.84. The summed E-state index contributed by atoms with van der Waals surface area (Å²) in [6.45, 7) is 8.73. The maximum atomic E-state index is 10.7. The van der Waals surface area contributed by atoms with Crippen LogP contribution in [-0.4, -0.2) is 41.9 Å². The number of carboxylic acids is 1. The summed E-state index contributed by atoms with van der Waals surface area (Å²) in [5.74, 6) is -0.736. The fourth-order valence-electron chi connectivity index (χ4n) is 3.81. The van der Waals surface area contributed by atoms with Crippen molar-refractivity contribution >= 4 is 31.1 Å². The van der Waals surface area contributed by atoms with Crippen LogP contribution in [0.15, 0.2) is 54.9 Å². The number of aliphatic carboxylic acids is 1. The van der Waals surface area contributed by atoms with Gasteiger partial charge in [0.15, 0.2) is 19.5 Å². The number of nitrogens with zero attached hydrogens (tertiary/aromatic N) is 1. The molecule has 1 N–H and O–H groups in total. The lowest BCUT2D eigenvalue weighted by molar-refractivity contribution is -0.137. The Balaban J connectivity index is 2.17. The molecule has 0 aliphatic heterocycles. The normalized spacial score (nSPS) is 13.9. The third kappa shape index (κ3) is 8.46. The van der Waals surface area contributed by atoms with E-state index in [-0.39, 0.29) is 18.1 Å². The standard InChI is InChI=1S/C25H37NO4Si2/c1-25(2,24(29-31-3)30-32-4)17-19-12-14-20(15-13-19)22(21-9-8-16-26-18-21)10-6-5-7-11-23(27)28/h8-10,12-16,18,24H,5-7,11,17,31-32H2,1-4H3,(H,27,28)/b22-10-. The molecule has 1 heterocycles. The van der Waals surface area contributed by atoms with Crippen LogP contribution in [0.1, 0.15) is 56.2 Å². The van der Waals surface area contributed by atoms with Gasteiger partial charge in [0.05, 0.1) is 0 Å². The summed E-state index contributed by atoms with van der Waals surface area (Å²) in [6.07, 6.45) is 9.22. The van der Waals surface area contributed by atoms with Gasteiger partial charge in [0.1, 0.15) is 6.29 Å². The van der Waals surface area contributed by atoms with Crippen molar-refractivity contribution in [2.45, 2.75) is 65.3 Å². The van der Waals surface area contributed by atoms with Crippen molar-refractivity contribution in [3.8, 4) is 0 Å². The van der Waals surface area contributed by atoms with Crippen molar-refractivity contribution in [1.29, 1.82) is 0 Å². The number of pyridine rings is 1. The van der Waals surface area contributed by atoms with Crippen LogP contribution in [0.2, 0.25) is 13.1 Å². The van der Waals surface area contributed by atoms with Crippen LogP contribution in [0.25, 0.3) is 5.57 Å². The quantitative estimate of drug-likeness (QED) is 0.252. The van der Waals surface area contributed by atoms with Crippen molar-refractivity contribution in [3.63, 3.8) is 0 Å². The van der Waals surface area contributed by atoms with Crippen LogP contribution in [0.5, 0.6) is 0 Å². The first-order valence-corrected chi connectivity index (χ1v) is 15.5. The number of aromatic nitrogens is 1. The summed E-state index contributed by atoms with van der Waals surface area (Å²) in [5, 5.41) is 8.84. The molecule has 5 nitrogen and oxygen atoms in total. The lowest BCUT2D eigenvalue weighted by Gasteiger charge is -2.34. The average Bonchev–Trinajstić information content (AvgIpc) is 2.77. The zero-order valence-corrected chi connectivity index (χ0v) is 22.7. The minimum absolute atomic E-state index is 0.0836. The Morgan fingerprint density at radius 2 is 1.78 bits per heavy atom. The molecular formula is C25H37NO4Si2. The monoisotopic (exact) mass is 471 g/mol. The number of benzene rings is 1. The van der Waals surface area contributed by atoms with Crippen LogP contribution < -0.4 is 0 Å². The fraction of sp³-hybridized carbons (Fsp3) is 0.440. The zero-order chi connectivity index (χ0) is 23.4. The van der Waals surface area contributed by atoms with Gasteiger partial charge in [0, 0.05) is 29.8 Å². The average molecular weight is 472 g/mol. The molecule has 0 atom stereocenters. The number of rotatable bonds is 14. The van der Waals surface area contributed by atoms with Crippen molar-refractivity contribution in [2.75, 3.05) is 0 Å². The van der Waals surface area contributed by atoms with Crippen LogP contribution in [0.3, 0.4) is 0 Å². The predicted octanol–water partition coefficient (Wildman–Crippen LogP) is 4.35. The van der Waals surface area contributed by atoms with Crippen LogP contribution in [-0.2, 0) is 20.1 Å². The molecule has 7 heteroatoms.